The highest BCUT2D eigenvalue weighted by Crippen LogP contribution is 2.26. The minimum Gasteiger partial charge on any atom is -0.287 e. The first-order valence-electron chi connectivity index (χ1n) is 8.78. The van der Waals surface area contributed by atoms with Gasteiger partial charge in [-0.25, -0.2) is 4.39 Å². The van der Waals surface area contributed by atoms with Gasteiger partial charge in [-0.15, -0.1) is 0 Å². The van der Waals surface area contributed by atoms with E-state index in [2.05, 4.69) is 9.36 Å². The summed E-state index contributed by atoms with van der Waals surface area (Å²) in [5.41, 5.74) is 2.93. The lowest BCUT2D eigenvalue weighted by molar-refractivity contribution is 0.589. The second kappa shape index (κ2) is 7.09. The van der Waals surface area contributed by atoms with Gasteiger partial charge in [0.25, 0.3) is 0 Å². The van der Waals surface area contributed by atoms with Crippen molar-refractivity contribution in [3.8, 4) is 10.4 Å². The molecule has 0 saturated carbocycles. The molecule has 0 radical (unpaired) electrons. The molecule has 0 aliphatic carbocycles. The van der Waals surface area contributed by atoms with E-state index >= 15 is 0 Å². The molecule has 1 aromatic carbocycles. The Morgan fingerprint density at radius 2 is 2.04 bits per heavy atom. The highest BCUT2D eigenvalue weighted by molar-refractivity contribution is 7.09. The fourth-order valence-electron chi connectivity index (χ4n) is 3.12. The Hall–Kier alpha value is -3.19. The molecular weight excluding hydrogens is 373 g/mol. The largest absolute Gasteiger partial charge is 0.287 e. The fourth-order valence-corrected chi connectivity index (χ4v) is 3.85. The van der Waals surface area contributed by atoms with Gasteiger partial charge in [-0.05, 0) is 54.4 Å². The van der Waals surface area contributed by atoms with Gasteiger partial charge >= 0.3 is 0 Å². The second-order valence-electron chi connectivity index (χ2n) is 6.69. The molecule has 0 amide bonds. The van der Waals surface area contributed by atoms with Gasteiger partial charge in [0.15, 0.2) is 11.3 Å². The Kier molecular flexibility index (Phi) is 4.60. The van der Waals surface area contributed by atoms with E-state index in [1.54, 1.807) is 12.4 Å². The van der Waals surface area contributed by atoms with Gasteiger partial charge in [0, 0.05) is 29.3 Å². The maximum atomic E-state index is 14.4. The molecule has 28 heavy (non-hydrogen) atoms. The molecule has 0 fully saturated rings. The summed E-state index contributed by atoms with van der Waals surface area (Å²) in [5, 5.41) is 17.7. The number of hydrogen-bond acceptors (Lipinski definition) is 5. The number of hydrogen-bond donors (Lipinski definition) is 2. The molecule has 4 aromatic rings. The molecule has 4 rings (SSSR count). The first-order valence-corrected chi connectivity index (χ1v) is 9.55. The van der Waals surface area contributed by atoms with Gasteiger partial charge in [0.05, 0.1) is 16.1 Å². The quantitative estimate of drug-likeness (QED) is 0.392. The first kappa shape index (κ1) is 18.2. The van der Waals surface area contributed by atoms with Crippen LogP contribution in [0.4, 0.5) is 4.39 Å². The lowest BCUT2D eigenvalue weighted by atomic mass is 9.97. The van der Waals surface area contributed by atoms with Crippen LogP contribution in [0.3, 0.4) is 0 Å². The van der Waals surface area contributed by atoms with Crippen molar-refractivity contribution in [2.75, 3.05) is 0 Å². The van der Waals surface area contributed by atoms with E-state index in [4.69, 9.17) is 10.8 Å². The third kappa shape index (κ3) is 3.25. The van der Waals surface area contributed by atoms with Crippen molar-refractivity contribution >= 4 is 28.3 Å². The predicted octanol–water partition coefficient (Wildman–Crippen LogP) is 4.72. The predicted molar refractivity (Wildman–Crippen MR) is 109 cm³/mol. The van der Waals surface area contributed by atoms with Crippen molar-refractivity contribution in [2.45, 2.75) is 19.8 Å². The topological polar surface area (TPSA) is 78.4 Å². The smallest absolute Gasteiger partial charge is 0.167 e. The molecule has 0 aliphatic heterocycles. The monoisotopic (exact) mass is 391 g/mol. The second-order valence-corrected chi connectivity index (χ2v) is 7.50. The van der Waals surface area contributed by atoms with E-state index < -0.39 is 5.82 Å². The summed E-state index contributed by atoms with van der Waals surface area (Å²) in [6.07, 6.45) is 3.38. The van der Waals surface area contributed by atoms with E-state index in [1.165, 1.54) is 22.2 Å². The van der Waals surface area contributed by atoms with E-state index in [-0.39, 0.29) is 17.2 Å². The van der Waals surface area contributed by atoms with Crippen LogP contribution in [0.25, 0.3) is 21.3 Å². The number of benzene rings is 1. The Morgan fingerprint density at radius 3 is 2.79 bits per heavy atom. The Bertz CT molecular complexity index is 1260. The zero-order valence-corrected chi connectivity index (χ0v) is 16.2. The van der Waals surface area contributed by atoms with Crippen LogP contribution in [0, 0.1) is 23.6 Å². The van der Waals surface area contributed by atoms with Crippen LogP contribution in [-0.4, -0.2) is 19.8 Å². The summed E-state index contributed by atoms with van der Waals surface area (Å²) in [6, 6.07) is 12.9. The molecule has 7 heteroatoms. The third-order valence-corrected chi connectivity index (χ3v) is 5.66. The van der Waals surface area contributed by atoms with Crippen LogP contribution < -0.4 is 5.49 Å². The summed E-state index contributed by atoms with van der Waals surface area (Å²) < 4.78 is 20.0. The molecule has 3 heterocycles. The van der Waals surface area contributed by atoms with Crippen LogP contribution in [0.1, 0.15) is 24.1 Å². The summed E-state index contributed by atoms with van der Waals surface area (Å²) in [6.45, 7) is 3.76. The molecule has 3 aromatic heterocycles. The summed E-state index contributed by atoms with van der Waals surface area (Å²) in [5.74, 6) is -0.852. The number of nitrogens with one attached hydrogen (secondary N) is 2. The van der Waals surface area contributed by atoms with Gasteiger partial charge in [-0.3, -0.25) is 20.4 Å². The zero-order chi connectivity index (χ0) is 19.8. The van der Waals surface area contributed by atoms with E-state index in [1.807, 2.05) is 50.2 Å². The van der Waals surface area contributed by atoms with Gasteiger partial charge in [0.1, 0.15) is 5.84 Å². The summed E-state index contributed by atoms with van der Waals surface area (Å²) >= 11 is 1.28. The van der Waals surface area contributed by atoms with Gasteiger partial charge in [0.2, 0.25) is 0 Å². The number of aryl methyl sites for hydroxylation is 1. The van der Waals surface area contributed by atoms with Crippen molar-refractivity contribution in [3.05, 3.63) is 77.4 Å². The highest BCUT2D eigenvalue weighted by Gasteiger charge is 2.17. The number of halogens is 1. The number of fused-ring (bicyclic) bond motifs is 1. The summed E-state index contributed by atoms with van der Waals surface area (Å²) in [4.78, 5) is 5.12. The maximum absolute atomic E-state index is 14.4. The number of aromatic nitrogens is 3. The lowest BCUT2D eigenvalue weighted by Gasteiger charge is -2.18. The zero-order valence-electron chi connectivity index (χ0n) is 15.4. The van der Waals surface area contributed by atoms with E-state index in [9.17, 15) is 4.39 Å². The normalized spacial score (nSPS) is 12.2. The van der Waals surface area contributed by atoms with Crippen molar-refractivity contribution in [1.82, 2.24) is 13.9 Å². The molecule has 0 spiro atoms. The summed E-state index contributed by atoms with van der Waals surface area (Å²) in [7, 11) is 0. The fraction of sp³-hybridized carbons (Fsp3) is 0.143. The molecule has 0 bridgehead atoms. The standard InChI is InChI=1S/C21H18FN5S/c1-12-8-19(28-26-12)16-10-17(22)21(24)27(11-16)20(23)13(2)14-5-6-18-15(9-14)4-3-7-25-18/h3-11,13,23-24H,1-2H3/t13-/m0/s1. The van der Waals surface area contributed by atoms with Gasteiger partial charge in [-0.2, -0.15) is 4.37 Å². The molecule has 0 saturated heterocycles. The SMILES string of the molecule is Cc1cc(-c2cc(F)c(=N)n(C(=N)[C@@H](C)c3ccc4ncccc4c3)c2)sn1. The van der Waals surface area contributed by atoms with Crippen LogP contribution >= 0.6 is 11.5 Å². The Labute approximate surface area is 165 Å². The number of pyridine rings is 2. The van der Waals surface area contributed by atoms with E-state index in [0.29, 0.717) is 5.56 Å². The van der Waals surface area contributed by atoms with Gasteiger partial charge in [-0.1, -0.05) is 19.1 Å². The van der Waals surface area contributed by atoms with E-state index in [0.717, 1.165) is 27.0 Å². The van der Waals surface area contributed by atoms with Crippen LogP contribution in [0.2, 0.25) is 0 Å². The molecule has 0 unspecified atom stereocenters. The lowest BCUT2D eigenvalue weighted by Crippen LogP contribution is -2.31. The molecule has 2 N–H and O–H groups in total. The third-order valence-electron chi connectivity index (χ3n) is 4.73. The maximum Gasteiger partial charge on any atom is 0.167 e. The Morgan fingerprint density at radius 1 is 1.21 bits per heavy atom. The highest BCUT2D eigenvalue weighted by atomic mass is 32.1. The Balaban J connectivity index is 1.75. The molecule has 1 atom stereocenters. The van der Waals surface area contributed by atoms with Crippen molar-refractivity contribution in [3.63, 3.8) is 0 Å². The number of rotatable bonds is 3. The van der Waals surface area contributed by atoms with Crippen molar-refractivity contribution < 1.29 is 4.39 Å². The molecule has 5 nitrogen and oxygen atoms in total. The minimum atomic E-state index is -0.664. The van der Waals surface area contributed by atoms with Crippen LogP contribution in [-0.2, 0) is 0 Å². The minimum absolute atomic E-state index is 0.134. The average Bonchev–Trinajstić information content (AvgIpc) is 3.14. The van der Waals surface area contributed by atoms with Gasteiger partial charge < -0.3 is 0 Å². The van der Waals surface area contributed by atoms with Crippen molar-refractivity contribution in [2.24, 2.45) is 0 Å². The van der Waals surface area contributed by atoms with Crippen LogP contribution in [0.15, 0.2) is 54.9 Å². The first-order chi connectivity index (χ1) is 13.4. The molecular formula is C21H18FN5S. The average molecular weight is 391 g/mol. The number of nitrogens with zero attached hydrogens (tertiary/aromatic N) is 3. The molecule has 140 valence electrons. The van der Waals surface area contributed by atoms with Crippen molar-refractivity contribution in [1.29, 1.82) is 10.8 Å². The van der Waals surface area contributed by atoms with Crippen LogP contribution in [0.5, 0.6) is 0 Å². The molecule has 0 aliphatic rings.